The Morgan fingerprint density at radius 2 is 2.05 bits per heavy atom. The number of carbonyl (C=O) groups excluding carboxylic acids is 1. The largest absolute Gasteiger partial charge is 0.445 e. The molecule has 21 heavy (non-hydrogen) atoms. The minimum Gasteiger partial charge on any atom is -0.445 e. The molecule has 1 amide bonds. The number of ether oxygens (including phenoxy) is 2. The topological polar surface area (TPSA) is 64.8 Å². The lowest BCUT2D eigenvalue weighted by atomic mass is 9.88. The van der Waals surface area contributed by atoms with Gasteiger partial charge >= 0.3 is 6.09 Å². The minimum atomic E-state index is -0.240. The van der Waals surface area contributed by atoms with Crippen LogP contribution in [0.3, 0.4) is 0 Å². The summed E-state index contributed by atoms with van der Waals surface area (Å²) in [5.74, 6) is 0. The zero-order valence-electron chi connectivity index (χ0n) is 12.2. The van der Waals surface area contributed by atoms with Crippen LogP contribution in [0.15, 0.2) is 30.3 Å². The van der Waals surface area contributed by atoms with Crippen LogP contribution < -0.4 is 5.73 Å². The van der Waals surface area contributed by atoms with Crippen LogP contribution >= 0.6 is 0 Å². The van der Waals surface area contributed by atoms with E-state index in [0.717, 1.165) is 24.8 Å². The standard InChI is InChI=1S/C16H22N2O3/c17-14-10-16(21-12-14)6-8-18(9-7-16)15(19)20-11-13-4-2-1-3-5-13/h1-5,14H,6-12,17H2/t14-/m0/s1. The predicted molar refractivity (Wildman–Crippen MR) is 78.7 cm³/mol. The van der Waals surface area contributed by atoms with Crippen LogP contribution in [0.5, 0.6) is 0 Å². The number of carbonyl (C=O) groups is 1. The van der Waals surface area contributed by atoms with Crippen molar-refractivity contribution in [3.63, 3.8) is 0 Å². The number of rotatable bonds is 2. The molecule has 0 aromatic heterocycles. The van der Waals surface area contributed by atoms with Gasteiger partial charge in [-0.1, -0.05) is 30.3 Å². The number of hydrogen-bond donors (Lipinski definition) is 1. The van der Waals surface area contributed by atoms with Gasteiger partial charge in [0, 0.05) is 19.1 Å². The van der Waals surface area contributed by atoms with Crippen LogP contribution in [0.2, 0.25) is 0 Å². The van der Waals surface area contributed by atoms with Crippen molar-refractivity contribution >= 4 is 6.09 Å². The van der Waals surface area contributed by atoms with Gasteiger partial charge in [-0.15, -0.1) is 0 Å². The Morgan fingerprint density at radius 3 is 2.67 bits per heavy atom. The molecule has 1 aromatic carbocycles. The number of nitrogens with zero attached hydrogens (tertiary/aromatic N) is 1. The maximum atomic E-state index is 12.1. The van der Waals surface area contributed by atoms with Crippen molar-refractivity contribution < 1.29 is 14.3 Å². The zero-order chi connectivity index (χ0) is 14.7. The highest BCUT2D eigenvalue weighted by Crippen LogP contribution is 2.35. The Hall–Kier alpha value is -1.59. The first-order valence-corrected chi connectivity index (χ1v) is 7.52. The zero-order valence-corrected chi connectivity index (χ0v) is 12.2. The van der Waals surface area contributed by atoms with E-state index >= 15 is 0 Å². The van der Waals surface area contributed by atoms with Crippen molar-refractivity contribution in [2.45, 2.75) is 37.5 Å². The summed E-state index contributed by atoms with van der Waals surface area (Å²) < 4.78 is 11.2. The smallest absolute Gasteiger partial charge is 0.410 e. The fourth-order valence-corrected chi connectivity index (χ4v) is 3.14. The summed E-state index contributed by atoms with van der Waals surface area (Å²) in [6.07, 6.45) is 2.36. The van der Waals surface area contributed by atoms with Crippen LogP contribution in [-0.2, 0) is 16.1 Å². The van der Waals surface area contributed by atoms with Gasteiger partial charge < -0.3 is 20.1 Å². The molecule has 1 atom stereocenters. The second-order valence-electron chi connectivity index (χ2n) is 5.99. The Balaban J connectivity index is 1.47. The molecule has 114 valence electrons. The summed E-state index contributed by atoms with van der Waals surface area (Å²) in [5, 5.41) is 0. The van der Waals surface area contributed by atoms with E-state index in [-0.39, 0.29) is 17.7 Å². The summed E-state index contributed by atoms with van der Waals surface area (Å²) in [4.78, 5) is 13.8. The molecule has 0 aliphatic carbocycles. The average molecular weight is 290 g/mol. The highest BCUT2D eigenvalue weighted by Gasteiger charge is 2.42. The minimum absolute atomic E-state index is 0.102. The monoisotopic (exact) mass is 290 g/mol. The van der Waals surface area contributed by atoms with Gasteiger partial charge in [0.1, 0.15) is 6.61 Å². The number of nitrogens with two attached hydrogens (primary N) is 1. The average Bonchev–Trinajstić information content (AvgIpc) is 2.87. The van der Waals surface area contributed by atoms with Gasteiger partial charge in [0.05, 0.1) is 12.2 Å². The molecular formula is C16H22N2O3. The summed E-state index contributed by atoms with van der Waals surface area (Å²) in [6, 6.07) is 9.87. The SMILES string of the molecule is N[C@@H]1COC2(CCN(C(=O)OCc3ccccc3)CC2)C1. The van der Waals surface area contributed by atoms with Gasteiger partial charge in [0.2, 0.25) is 0 Å². The fourth-order valence-electron chi connectivity index (χ4n) is 3.14. The number of benzene rings is 1. The van der Waals surface area contributed by atoms with Crippen LogP contribution in [0.25, 0.3) is 0 Å². The van der Waals surface area contributed by atoms with Crippen molar-refractivity contribution in [2.75, 3.05) is 19.7 Å². The highest BCUT2D eigenvalue weighted by atomic mass is 16.6. The van der Waals surface area contributed by atoms with E-state index in [1.165, 1.54) is 0 Å². The van der Waals surface area contributed by atoms with E-state index in [2.05, 4.69) is 0 Å². The normalized spacial score (nSPS) is 24.2. The lowest BCUT2D eigenvalue weighted by Crippen LogP contribution is -2.46. The molecule has 2 aliphatic rings. The fraction of sp³-hybridized carbons (Fsp3) is 0.562. The molecule has 2 saturated heterocycles. The van der Waals surface area contributed by atoms with Gasteiger partial charge in [-0.2, -0.15) is 0 Å². The van der Waals surface area contributed by atoms with E-state index in [1.54, 1.807) is 4.90 Å². The first-order chi connectivity index (χ1) is 10.2. The Morgan fingerprint density at radius 1 is 1.33 bits per heavy atom. The molecular weight excluding hydrogens is 268 g/mol. The molecule has 2 fully saturated rings. The molecule has 2 heterocycles. The third-order valence-electron chi connectivity index (χ3n) is 4.38. The van der Waals surface area contributed by atoms with Gasteiger partial charge in [0.25, 0.3) is 0 Å². The third kappa shape index (κ3) is 3.36. The van der Waals surface area contributed by atoms with Gasteiger partial charge in [0.15, 0.2) is 0 Å². The molecule has 5 nitrogen and oxygen atoms in total. The van der Waals surface area contributed by atoms with E-state index in [1.807, 2.05) is 30.3 Å². The summed E-state index contributed by atoms with van der Waals surface area (Å²) >= 11 is 0. The summed E-state index contributed by atoms with van der Waals surface area (Å²) in [7, 11) is 0. The van der Waals surface area contributed by atoms with Crippen molar-refractivity contribution in [1.82, 2.24) is 4.90 Å². The van der Waals surface area contributed by atoms with Crippen molar-refractivity contribution in [1.29, 1.82) is 0 Å². The van der Waals surface area contributed by atoms with Crippen LogP contribution in [0.4, 0.5) is 4.79 Å². The first kappa shape index (κ1) is 14.4. The highest BCUT2D eigenvalue weighted by molar-refractivity contribution is 5.67. The van der Waals surface area contributed by atoms with Gasteiger partial charge in [-0.05, 0) is 24.8 Å². The van der Waals surface area contributed by atoms with Crippen LogP contribution in [0.1, 0.15) is 24.8 Å². The van der Waals surface area contributed by atoms with E-state index in [0.29, 0.717) is 26.3 Å². The van der Waals surface area contributed by atoms with E-state index in [9.17, 15) is 4.79 Å². The molecule has 1 aromatic rings. The van der Waals surface area contributed by atoms with Crippen LogP contribution in [0, 0.1) is 0 Å². The van der Waals surface area contributed by atoms with E-state index < -0.39 is 0 Å². The Bertz CT molecular complexity index is 484. The third-order valence-corrected chi connectivity index (χ3v) is 4.38. The first-order valence-electron chi connectivity index (χ1n) is 7.52. The second-order valence-corrected chi connectivity index (χ2v) is 5.99. The summed E-state index contributed by atoms with van der Waals surface area (Å²) in [5.41, 5.74) is 6.82. The lowest BCUT2D eigenvalue weighted by molar-refractivity contribution is -0.0421. The summed E-state index contributed by atoms with van der Waals surface area (Å²) in [6.45, 7) is 2.32. The van der Waals surface area contributed by atoms with Crippen molar-refractivity contribution in [3.05, 3.63) is 35.9 Å². The predicted octanol–water partition coefficient (Wildman–Crippen LogP) is 1.91. The maximum absolute atomic E-state index is 12.1. The molecule has 2 N–H and O–H groups in total. The van der Waals surface area contributed by atoms with Crippen molar-refractivity contribution in [2.24, 2.45) is 5.73 Å². The lowest BCUT2D eigenvalue weighted by Gasteiger charge is -2.38. The van der Waals surface area contributed by atoms with E-state index in [4.69, 9.17) is 15.2 Å². The van der Waals surface area contributed by atoms with Crippen LogP contribution in [-0.4, -0.2) is 42.3 Å². The molecule has 0 radical (unpaired) electrons. The molecule has 5 heteroatoms. The maximum Gasteiger partial charge on any atom is 0.410 e. The molecule has 0 saturated carbocycles. The molecule has 1 spiro atoms. The van der Waals surface area contributed by atoms with Crippen molar-refractivity contribution in [3.8, 4) is 0 Å². The second kappa shape index (κ2) is 6.03. The molecule has 2 aliphatic heterocycles. The van der Waals surface area contributed by atoms with Gasteiger partial charge in [-0.25, -0.2) is 4.79 Å². The molecule has 0 bridgehead atoms. The number of amides is 1. The number of hydrogen-bond acceptors (Lipinski definition) is 4. The number of piperidine rings is 1. The van der Waals surface area contributed by atoms with Gasteiger partial charge in [-0.3, -0.25) is 0 Å². The number of likely N-dealkylation sites (tertiary alicyclic amines) is 1. The Kier molecular flexibility index (Phi) is 4.12. The quantitative estimate of drug-likeness (QED) is 0.903. The molecule has 0 unspecified atom stereocenters. The molecule has 3 rings (SSSR count). The Labute approximate surface area is 125 Å².